The molecule has 0 aliphatic carbocycles. The van der Waals surface area contributed by atoms with E-state index in [2.05, 4.69) is 77.7 Å². The summed E-state index contributed by atoms with van der Waals surface area (Å²) in [6.07, 6.45) is 2.33. The molecule has 0 amide bonds. The van der Waals surface area contributed by atoms with Crippen LogP contribution in [0.5, 0.6) is 0 Å². The molecule has 0 unspecified atom stereocenters. The van der Waals surface area contributed by atoms with E-state index in [1.54, 1.807) is 0 Å². The highest BCUT2D eigenvalue weighted by atomic mass is 16.5. The van der Waals surface area contributed by atoms with Gasteiger partial charge in [0.25, 0.3) is 0 Å². The standard InChI is InChI=1S/C24H33N3O2/c1-19-6-4-5-7-22(19)17-27(3)24(25-2)26-16-20-8-10-21(11-9-20)18-29-23-12-14-28-15-13-23/h4-11,23H,12-18H2,1-3H3,(H,25,26). The van der Waals surface area contributed by atoms with E-state index in [1.165, 1.54) is 22.3 Å². The van der Waals surface area contributed by atoms with Gasteiger partial charge in [0, 0.05) is 40.4 Å². The SMILES string of the molecule is CN=C(NCc1ccc(COC2CCOCC2)cc1)N(C)Cc1ccccc1C. The summed E-state index contributed by atoms with van der Waals surface area (Å²) in [7, 11) is 3.89. The third-order valence-electron chi connectivity index (χ3n) is 5.37. The summed E-state index contributed by atoms with van der Waals surface area (Å²) >= 11 is 0. The molecule has 0 bridgehead atoms. The van der Waals surface area contributed by atoms with Gasteiger partial charge in [-0.3, -0.25) is 4.99 Å². The number of nitrogens with one attached hydrogen (secondary N) is 1. The molecule has 2 aromatic rings. The maximum atomic E-state index is 6.00. The normalized spacial score (nSPS) is 15.3. The lowest BCUT2D eigenvalue weighted by molar-refractivity contribution is -0.0390. The van der Waals surface area contributed by atoms with Crippen LogP contribution in [0.1, 0.15) is 35.1 Å². The van der Waals surface area contributed by atoms with Crippen LogP contribution in [0, 0.1) is 6.92 Å². The van der Waals surface area contributed by atoms with Crippen molar-refractivity contribution >= 4 is 5.96 Å². The van der Waals surface area contributed by atoms with Gasteiger partial charge in [0.1, 0.15) is 0 Å². The van der Waals surface area contributed by atoms with E-state index in [4.69, 9.17) is 9.47 Å². The van der Waals surface area contributed by atoms with E-state index in [1.807, 2.05) is 7.05 Å². The van der Waals surface area contributed by atoms with Crippen molar-refractivity contribution in [3.8, 4) is 0 Å². The highest BCUT2D eigenvalue weighted by Crippen LogP contribution is 2.14. The topological polar surface area (TPSA) is 46.1 Å². The first-order valence-corrected chi connectivity index (χ1v) is 10.4. The molecule has 1 fully saturated rings. The molecule has 0 spiro atoms. The molecule has 1 aliphatic rings. The van der Waals surface area contributed by atoms with Gasteiger partial charge in [-0.05, 0) is 42.0 Å². The van der Waals surface area contributed by atoms with Crippen LogP contribution in [-0.4, -0.2) is 44.3 Å². The van der Waals surface area contributed by atoms with Gasteiger partial charge in [-0.15, -0.1) is 0 Å². The first kappa shape index (κ1) is 21.3. The van der Waals surface area contributed by atoms with Crippen molar-refractivity contribution in [2.45, 2.75) is 45.6 Å². The predicted molar refractivity (Wildman–Crippen MR) is 118 cm³/mol. The Hall–Kier alpha value is -2.37. The highest BCUT2D eigenvalue weighted by molar-refractivity contribution is 5.79. The van der Waals surface area contributed by atoms with Gasteiger partial charge in [0.2, 0.25) is 0 Å². The molecular formula is C24H33N3O2. The van der Waals surface area contributed by atoms with Crippen LogP contribution in [0.3, 0.4) is 0 Å². The van der Waals surface area contributed by atoms with Crippen LogP contribution in [0.15, 0.2) is 53.5 Å². The Morgan fingerprint density at radius 2 is 1.79 bits per heavy atom. The molecule has 0 aromatic heterocycles. The fraction of sp³-hybridized carbons (Fsp3) is 0.458. The van der Waals surface area contributed by atoms with Gasteiger partial charge in [-0.1, -0.05) is 48.5 Å². The van der Waals surface area contributed by atoms with Gasteiger partial charge in [-0.2, -0.15) is 0 Å². The van der Waals surface area contributed by atoms with Crippen molar-refractivity contribution in [2.75, 3.05) is 27.3 Å². The lowest BCUT2D eigenvalue weighted by Crippen LogP contribution is -2.38. The van der Waals surface area contributed by atoms with Crippen molar-refractivity contribution in [3.63, 3.8) is 0 Å². The van der Waals surface area contributed by atoms with Crippen LogP contribution in [-0.2, 0) is 29.2 Å². The molecule has 1 N–H and O–H groups in total. The van der Waals surface area contributed by atoms with Gasteiger partial charge in [0.15, 0.2) is 5.96 Å². The molecule has 0 atom stereocenters. The molecule has 156 valence electrons. The van der Waals surface area contributed by atoms with Gasteiger partial charge < -0.3 is 19.7 Å². The Morgan fingerprint density at radius 3 is 2.48 bits per heavy atom. The fourth-order valence-corrected chi connectivity index (χ4v) is 3.49. The van der Waals surface area contributed by atoms with Gasteiger partial charge in [0.05, 0.1) is 12.7 Å². The van der Waals surface area contributed by atoms with Crippen LogP contribution >= 0.6 is 0 Å². The third kappa shape index (κ3) is 6.58. The Balaban J connectivity index is 1.47. The van der Waals surface area contributed by atoms with E-state index in [0.29, 0.717) is 12.7 Å². The first-order valence-electron chi connectivity index (χ1n) is 10.4. The summed E-state index contributed by atoms with van der Waals surface area (Å²) in [5, 5.41) is 3.46. The number of hydrogen-bond donors (Lipinski definition) is 1. The summed E-state index contributed by atoms with van der Waals surface area (Å²) in [4.78, 5) is 6.58. The van der Waals surface area contributed by atoms with Crippen molar-refractivity contribution in [1.29, 1.82) is 0 Å². The second kappa shape index (κ2) is 11.0. The van der Waals surface area contributed by atoms with Crippen molar-refractivity contribution in [3.05, 3.63) is 70.8 Å². The second-order valence-corrected chi connectivity index (χ2v) is 7.62. The molecule has 0 radical (unpaired) electrons. The Labute approximate surface area is 174 Å². The predicted octanol–water partition coefficient (Wildman–Crippen LogP) is 3.90. The van der Waals surface area contributed by atoms with E-state index in [0.717, 1.165) is 45.1 Å². The molecule has 0 saturated carbocycles. The molecule has 1 heterocycles. The maximum absolute atomic E-state index is 6.00. The number of nitrogens with zero attached hydrogens (tertiary/aromatic N) is 2. The zero-order valence-electron chi connectivity index (χ0n) is 17.9. The van der Waals surface area contributed by atoms with Crippen molar-refractivity contribution in [2.24, 2.45) is 4.99 Å². The number of rotatable bonds is 7. The molecule has 1 saturated heterocycles. The number of hydrogen-bond acceptors (Lipinski definition) is 3. The highest BCUT2D eigenvalue weighted by Gasteiger charge is 2.14. The minimum atomic E-state index is 0.331. The largest absolute Gasteiger partial charge is 0.381 e. The van der Waals surface area contributed by atoms with Crippen molar-refractivity contribution in [1.82, 2.24) is 10.2 Å². The minimum Gasteiger partial charge on any atom is -0.381 e. The number of aryl methyl sites for hydroxylation is 1. The first-order chi connectivity index (χ1) is 14.2. The maximum Gasteiger partial charge on any atom is 0.193 e. The van der Waals surface area contributed by atoms with Gasteiger partial charge >= 0.3 is 0 Å². The number of aliphatic imine (C=N–C) groups is 1. The van der Waals surface area contributed by atoms with E-state index >= 15 is 0 Å². The summed E-state index contributed by atoms with van der Waals surface area (Å²) in [5.74, 6) is 0.889. The molecule has 3 rings (SSSR count). The van der Waals surface area contributed by atoms with Crippen molar-refractivity contribution < 1.29 is 9.47 Å². The number of benzene rings is 2. The molecule has 29 heavy (non-hydrogen) atoms. The minimum absolute atomic E-state index is 0.331. The fourth-order valence-electron chi connectivity index (χ4n) is 3.49. The summed E-state index contributed by atoms with van der Waals surface area (Å²) in [6.45, 7) is 6.01. The zero-order valence-corrected chi connectivity index (χ0v) is 17.9. The molecule has 5 heteroatoms. The second-order valence-electron chi connectivity index (χ2n) is 7.62. The number of ether oxygens (including phenoxy) is 2. The zero-order chi connectivity index (χ0) is 20.5. The van der Waals surface area contributed by atoms with E-state index < -0.39 is 0 Å². The van der Waals surface area contributed by atoms with Crippen LogP contribution in [0.4, 0.5) is 0 Å². The lowest BCUT2D eigenvalue weighted by Gasteiger charge is -2.23. The Morgan fingerprint density at radius 1 is 1.10 bits per heavy atom. The smallest absolute Gasteiger partial charge is 0.193 e. The van der Waals surface area contributed by atoms with Crippen LogP contribution in [0.25, 0.3) is 0 Å². The molecule has 1 aliphatic heterocycles. The quantitative estimate of drug-likeness (QED) is 0.571. The molecule has 2 aromatic carbocycles. The summed E-state index contributed by atoms with van der Waals surface area (Å²) in [5.41, 5.74) is 5.05. The average Bonchev–Trinajstić information content (AvgIpc) is 2.76. The number of guanidine groups is 1. The monoisotopic (exact) mass is 395 g/mol. The molecular weight excluding hydrogens is 362 g/mol. The average molecular weight is 396 g/mol. The van der Waals surface area contributed by atoms with E-state index in [9.17, 15) is 0 Å². The van der Waals surface area contributed by atoms with E-state index in [-0.39, 0.29) is 0 Å². The Bertz CT molecular complexity index is 783. The van der Waals surface area contributed by atoms with Gasteiger partial charge in [-0.25, -0.2) is 0 Å². The summed E-state index contributed by atoms with van der Waals surface area (Å²) < 4.78 is 11.4. The third-order valence-corrected chi connectivity index (χ3v) is 5.37. The van der Waals surface area contributed by atoms with Crippen LogP contribution in [0.2, 0.25) is 0 Å². The lowest BCUT2D eigenvalue weighted by atomic mass is 10.1. The molecule has 5 nitrogen and oxygen atoms in total. The Kier molecular flexibility index (Phi) is 8.08. The summed E-state index contributed by atoms with van der Waals surface area (Å²) in [6, 6.07) is 17.1. The van der Waals surface area contributed by atoms with Crippen LogP contribution < -0.4 is 5.32 Å².